The van der Waals surface area contributed by atoms with Gasteiger partial charge >= 0.3 is 5.97 Å². The molecule has 0 aromatic carbocycles. The number of carboxylic acids is 1. The van der Waals surface area contributed by atoms with Crippen LogP contribution in [0.4, 0.5) is 0 Å². The van der Waals surface area contributed by atoms with Gasteiger partial charge in [-0.3, -0.25) is 9.59 Å². The molecule has 1 aromatic rings. The molecule has 1 unspecified atom stereocenters. The van der Waals surface area contributed by atoms with Crippen molar-refractivity contribution in [1.82, 2.24) is 15.1 Å². The van der Waals surface area contributed by atoms with Gasteiger partial charge in [-0.05, 0) is 31.4 Å². The molecule has 0 radical (unpaired) electrons. The van der Waals surface area contributed by atoms with Crippen LogP contribution in [-0.2, 0) is 4.79 Å². The van der Waals surface area contributed by atoms with Crippen LogP contribution in [0.2, 0.25) is 0 Å². The Bertz CT molecular complexity index is 475. The number of amides is 1. The molecule has 0 saturated carbocycles. The molecule has 1 aliphatic rings. The van der Waals surface area contributed by atoms with Gasteiger partial charge in [-0.2, -0.15) is 5.10 Å². The highest BCUT2D eigenvalue weighted by Gasteiger charge is 2.29. The summed E-state index contributed by atoms with van der Waals surface area (Å²) in [6, 6.07) is 1.67. The van der Waals surface area contributed by atoms with Crippen molar-refractivity contribution in [3.05, 3.63) is 23.5 Å². The van der Waals surface area contributed by atoms with E-state index in [1.807, 2.05) is 6.92 Å². The monoisotopic (exact) mass is 249 g/mol. The Morgan fingerprint density at radius 2 is 2.28 bits per heavy atom. The van der Waals surface area contributed by atoms with E-state index in [2.05, 4.69) is 10.2 Å². The average molecular weight is 249 g/mol. The lowest BCUT2D eigenvalue weighted by Crippen LogP contribution is -2.42. The van der Waals surface area contributed by atoms with Crippen LogP contribution in [0.5, 0.6) is 0 Å². The van der Waals surface area contributed by atoms with E-state index in [-0.39, 0.29) is 18.1 Å². The van der Waals surface area contributed by atoms with Gasteiger partial charge in [0.25, 0.3) is 5.91 Å². The van der Waals surface area contributed by atoms with E-state index in [0.717, 1.165) is 5.56 Å². The molecule has 1 fully saturated rings. The van der Waals surface area contributed by atoms with Crippen LogP contribution >= 0.6 is 0 Å². The van der Waals surface area contributed by atoms with E-state index in [1.54, 1.807) is 17.2 Å². The molecule has 1 amide bonds. The first-order chi connectivity index (χ1) is 8.58. The number of hydrogen-bond acceptors (Lipinski definition) is 4. The van der Waals surface area contributed by atoms with Crippen molar-refractivity contribution in [2.24, 2.45) is 5.92 Å². The van der Waals surface area contributed by atoms with Gasteiger partial charge in [0.15, 0.2) is 5.69 Å². The van der Waals surface area contributed by atoms with Crippen LogP contribution in [-0.4, -0.2) is 45.2 Å². The summed E-state index contributed by atoms with van der Waals surface area (Å²) in [5.74, 6) is -1.56. The number of aryl methyl sites for hydroxylation is 1. The Hall–Kier alpha value is -1.98. The number of aromatic nitrogens is 2. The molecule has 1 N–H and O–H groups in total. The summed E-state index contributed by atoms with van der Waals surface area (Å²) in [6.45, 7) is 2.67. The highest BCUT2D eigenvalue weighted by molar-refractivity contribution is 5.92. The Morgan fingerprint density at radius 3 is 2.94 bits per heavy atom. The minimum Gasteiger partial charge on any atom is -0.481 e. The molecule has 0 spiro atoms. The van der Waals surface area contributed by atoms with Crippen LogP contribution in [0.15, 0.2) is 12.3 Å². The van der Waals surface area contributed by atoms with Crippen molar-refractivity contribution < 1.29 is 14.7 Å². The molecule has 2 heterocycles. The normalized spacial score (nSPS) is 19.6. The first-order valence-corrected chi connectivity index (χ1v) is 5.89. The smallest absolute Gasteiger partial charge is 0.308 e. The van der Waals surface area contributed by atoms with Gasteiger partial charge in [-0.15, -0.1) is 5.10 Å². The predicted octanol–water partition coefficient (Wildman–Crippen LogP) is 0.722. The number of carbonyl (C=O) groups is 2. The first-order valence-electron chi connectivity index (χ1n) is 5.89. The van der Waals surface area contributed by atoms with Crippen LogP contribution in [0, 0.1) is 12.8 Å². The fourth-order valence-electron chi connectivity index (χ4n) is 2.09. The molecular formula is C12H15N3O3. The van der Waals surface area contributed by atoms with Crippen LogP contribution in [0.25, 0.3) is 0 Å². The highest BCUT2D eigenvalue weighted by atomic mass is 16.4. The summed E-state index contributed by atoms with van der Waals surface area (Å²) in [5, 5.41) is 16.5. The van der Waals surface area contributed by atoms with E-state index in [0.29, 0.717) is 19.4 Å². The third-order valence-electron chi connectivity index (χ3n) is 3.07. The van der Waals surface area contributed by atoms with E-state index in [4.69, 9.17) is 5.11 Å². The van der Waals surface area contributed by atoms with Crippen molar-refractivity contribution in [2.45, 2.75) is 19.8 Å². The number of rotatable bonds is 2. The molecule has 0 bridgehead atoms. The number of hydrogen-bond donors (Lipinski definition) is 1. The zero-order valence-corrected chi connectivity index (χ0v) is 10.2. The molecular weight excluding hydrogens is 234 g/mol. The third-order valence-corrected chi connectivity index (χ3v) is 3.07. The van der Waals surface area contributed by atoms with Gasteiger partial charge in [0.05, 0.1) is 12.1 Å². The van der Waals surface area contributed by atoms with E-state index in [9.17, 15) is 9.59 Å². The molecule has 96 valence electrons. The zero-order valence-electron chi connectivity index (χ0n) is 10.2. The van der Waals surface area contributed by atoms with Crippen molar-refractivity contribution >= 4 is 11.9 Å². The molecule has 1 saturated heterocycles. The summed E-state index contributed by atoms with van der Waals surface area (Å²) in [6.07, 6.45) is 2.91. The number of nitrogens with zero attached hydrogens (tertiary/aromatic N) is 3. The maximum Gasteiger partial charge on any atom is 0.308 e. The first kappa shape index (κ1) is 12.5. The lowest BCUT2D eigenvalue weighted by atomic mass is 9.98. The largest absolute Gasteiger partial charge is 0.481 e. The van der Waals surface area contributed by atoms with Crippen molar-refractivity contribution in [3.63, 3.8) is 0 Å². The number of carbonyl (C=O) groups excluding carboxylic acids is 1. The van der Waals surface area contributed by atoms with Gasteiger partial charge in [-0.1, -0.05) is 0 Å². The molecule has 1 atom stereocenters. The summed E-state index contributed by atoms with van der Waals surface area (Å²) in [7, 11) is 0. The summed E-state index contributed by atoms with van der Waals surface area (Å²) >= 11 is 0. The third kappa shape index (κ3) is 2.64. The van der Waals surface area contributed by atoms with Crippen molar-refractivity contribution in [2.75, 3.05) is 13.1 Å². The Morgan fingerprint density at radius 1 is 1.50 bits per heavy atom. The molecule has 6 nitrogen and oxygen atoms in total. The maximum absolute atomic E-state index is 12.2. The summed E-state index contributed by atoms with van der Waals surface area (Å²) in [5.41, 5.74) is 1.14. The van der Waals surface area contributed by atoms with Crippen LogP contribution in [0.3, 0.4) is 0 Å². The number of carboxylic acid groups (broad SMARTS) is 1. The van der Waals surface area contributed by atoms with Crippen molar-refractivity contribution in [3.8, 4) is 0 Å². The molecule has 18 heavy (non-hydrogen) atoms. The average Bonchev–Trinajstić information content (AvgIpc) is 2.38. The SMILES string of the molecule is Cc1cnnc(C(=O)N2CCCC(C(=O)O)C2)c1. The van der Waals surface area contributed by atoms with E-state index < -0.39 is 11.9 Å². The van der Waals surface area contributed by atoms with Gasteiger partial charge in [0, 0.05) is 13.1 Å². The number of aliphatic carboxylic acids is 1. The van der Waals surface area contributed by atoms with Gasteiger partial charge < -0.3 is 10.0 Å². The maximum atomic E-state index is 12.2. The predicted molar refractivity (Wildman–Crippen MR) is 63.0 cm³/mol. The van der Waals surface area contributed by atoms with Gasteiger partial charge in [0.2, 0.25) is 0 Å². The Labute approximate surface area is 105 Å². The molecule has 1 aliphatic heterocycles. The Balaban J connectivity index is 2.11. The second kappa shape index (κ2) is 5.12. The fourth-order valence-corrected chi connectivity index (χ4v) is 2.09. The minimum atomic E-state index is -0.845. The molecule has 6 heteroatoms. The molecule has 2 rings (SSSR count). The lowest BCUT2D eigenvalue weighted by Gasteiger charge is -2.30. The number of piperidine rings is 1. The topological polar surface area (TPSA) is 83.4 Å². The Kier molecular flexibility index (Phi) is 3.55. The second-order valence-electron chi connectivity index (χ2n) is 4.55. The van der Waals surface area contributed by atoms with Crippen LogP contribution in [0.1, 0.15) is 28.9 Å². The van der Waals surface area contributed by atoms with Crippen LogP contribution < -0.4 is 0 Å². The second-order valence-corrected chi connectivity index (χ2v) is 4.55. The number of likely N-dealkylation sites (tertiary alicyclic amines) is 1. The standard InChI is InChI=1S/C12H15N3O3/c1-8-5-10(14-13-6-8)11(16)15-4-2-3-9(7-15)12(17)18/h5-6,9H,2-4,7H2,1H3,(H,17,18). The zero-order chi connectivity index (χ0) is 13.1. The van der Waals surface area contributed by atoms with E-state index >= 15 is 0 Å². The summed E-state index contributed by atoms with van der Waals surface area (Å²) in [4.78, 5) is 24.6. The minimum absolute atomic E-state index is 0.239. The van der Waals surface area contributed by atoms with Gasteiger partial charge in [0.1, 0.15) is 0 Å². The molecule has 1 aromatic heterocycles. The molecule has 0 aliphatic carbocycles. The highest BCUT2D eigenvalue weighted by Crippen LogP contribution is 2.18. The fraction of sp³-hybridized carbons (Fsp3) is 0.500. The lowest BCUT2D eigenvalue weighted by molar-refractivity contribution is -0.143. The van der Waals surface area contributed by atoms with Gasteiger partial charge in [-0.25, -0.2) is 0 Å². The van der Waals surface area contributed by atoms with Crippen molar-refractivity contribution in [1.29, 1.82) is 0 Å². The van der Waals surface area contributed by atoms with E-state index in [1.165, 1.54) is 0 Å². The summed E-state index contributed by atoms with van der Waals surface area (Å²) < 4.78 is 0. The quantitative estimate of drug-likeness (QED) is 0.835.